The van der Waals surface area contributed by atoms with Gasteiger partial charge in [0.15, 0.2) is 0 Å². The first kappa shape index (κ1) is 15.5. The number of hydrogen-bond acceptors (Lipinski definition) is 4. The van der Waals surface area contributed by atoms with Crippen molar-refractivity contribution in [3.63, 3.8) is 0 Å². The maximum absolute atomic E-state index is 12.2. The van der Waals surface area contributed by atoms with Crippen molar-refractivity contribution in [2.45, 2.75) is 16.7 Å². The zero-order valence-electron chi connectivity index (χ0n) is 11.1. The Morgan fingerprint density at radius 1 is 0.810 bits per heavy atom. The molecule has 0 atom stereocenters. The van der Waals surface area contributed by atoms with Crippen molar-refractivity contribution in [3.8, 4) is 0 Å². The van der Waals surface area contributed by atoms with Crippen molar-refractivity contribution in [1.29, 1.82) is 0 Å². The number of hydrogen-bond donors (Lipinski definition) is 2. The number of sulfonamides is 2. The molecule has 0 bridgehead atoms. The van der Waals surface area contributed by atoms with Gasteiger partial charge in [0.1, 0.15) is 0 Å². The Morgan fingerprint density at radius 3 is 1.76 bits per heavy atom. The Hall–Kier alpha value is -1.90. The van der Waals surface area contributed by atoms with Crippen LogP contribution in [-0.2, 0) is 20.0 Å². The highest BCUT2D eigenvalue weighted by Crippen LogP contribution is 2.18. The fraction of sp³-hybridized carbons (Fsp3) is 0.0769. The van der Waals surface area contributed by atoms with Gasteiger partial charge in [-0.25, -0.2) is 22.0 Å². The Balaban J connectivity index is 2.29. The average molecular weight is 326 g/mol. The quantitative estimate of drug-likeness (QED) is 0.886. The second-order valence-electron chi connectivity index (χ2n) is 4.49. The summed E-state index contributed by atoms with van der Waals surface area (Å²) < 4.78 is 49.0. The molecule has 0 aliphatic carbocycles. The van der Waals surface area contributed by atoms with Gasteiger partial charge >= 0.3 is 0 Å². The minimum Gasteiger partial charge on any atom is -0.280 e. The average Bonchev–Trinajstić information content (AvgIpc) is 2.40. The van der Waals surface area contributed by atoms with Crippen LogP contribution >= 0.6 is 0 Å². The van der Waals surface area contributed by atoms with Crippen molar-refractivity contribution in [3.05, 3.63) is 54.1 Å². The van der Waals surface area contributed by atoms with Crippen molar-refractivity contribution < 1.29 is 16.8 Å². The van der Waals surface area contributed by atoms with Gasteiger partial charge in [-0.05, 0) is 43.3 Å². The fourth-order valence-corrected chi connectivity index (χ4v) is 3.22. The maximum Gasteiger partial charge on any atom is 0.261 e. The number of primary sulfonamides is 1. The lowest BCUT2D eigenvalue weighted by atomic mass is 10.2. The van der Waals surface area contributed by atoms with Gasteiger partial charge in [-0.1, -0.05) is 17.7 Å². The predicted molar refractivity (Wildman–Crippen MR) is 79.8 cm³/mol. The number of benzene rings is 2. The number of nitrogens with two attached hydrogens (primary N) is 1. The van der Waals surface area contributed by atoms with Gasteiger partial charge < -0.3 is 0 Å². The molecule has 6 nitrogen and oxygen atoms in total. The van der Waals surface area contributed by atoms with E-state index in [2.05, 4.69) is 4.72 Å². The van der Waals surface area contributed by atoms with Gasteiger partial charge in [0.05, 0.1) is 9.79 Å². The molecule has 0 heterocycles. The fourth-order valence-electron chi connectivity index (χ4n) is 1.64. The lowest BCUT2D eigenvalue weighted by Crippen LogP contribution is -2.15. The van der Waals surface area contributed by atoms with Crippen LogP contribution in [0.25, 0.3) is 0 Å². The number of rotatable bonds is 4. The molecule has 2 aromatic carbocycles. The molecule has 8 heteroatoms. The van der Waals surface area contributed by atoms with Gasteiger partial charge in [-0.3, -0.25) is 4.72 Å². The molecule has 0 aromatic heterocycles. The van der Waals surface area contributed by atoms with Gasteiger partial charge in [-0.15, -0.1) is 0 Å². The monoisotopic (exact) mass is 326 g/mol. The van der Waals surface area contributed by atoms with Crippen molar-refractivity contribution in [1.82, 2.24) is 0 Å². The van der Waals surface area contributed by atoms with E-state index >= 15 is 0 Å². The minimum absolute atomic E-state index is 0.0459. The Morgan fingerprint density at radius 2 is 1.29 bits per heavy atom. The van der Waals surface area contributed by atoms with Crippen LogP contribution in [0.5, 0.6) is 0 Å². The molecule has 0 radical (unpaired) electrons. The SMILES string of the molecule is Cc1ccc(NS(=O)(=O)c2ccc(S(N)(=O)=O)cc2)cc1. The molecule has 0 spiro atoms. The molecule has 0 fully saturated rings. The van der Waals surface area contributed by atoms with Crippen LogP contribution in [0.3, 0.4) is 0 Å². The summed E-state index contributed by atoms with van der Waals surface area (Å²) in [6.45, 7) is 1.89. The van der Waals surface area contributed by atoms with Gasteiger partial charge in [-0.2, -0.15) is 0 Å². The lowest BCUT2D eigenvalue weighted by Gasteiger charge is -2.08. The van der Waals surface area contributed by atoms with E-state index in [0.717, 1.165) is 17.7 Å². The van der Waals surface area contributed by atoms with Crippen LogP contribution in [0.4, 0.5) is 5.69 Å². The second kappa shape index (κ2) is 5.47. The number of anilines is 1. The standard InChI is InChI=1S/C13H14N2O4S2/c1-10-2-4-11(5-3-10)15-21(18,19)13-8-6-12(7-9-13)20(14,16)17/h2-9,15H,1H3,(H2,14,16,17). The van der Waals surface area contributed by atoms with E-state index in [4.69, 9.17) is 5.14 Å². The highest BCUT2D eigenvalue weighted by atomic mass is 32.2. The molecular weight excluding hydrogens is 312 g/mol. The highest BCUT2D eigenvalue weighted by Gasteiger charge is 2.15. The van der Waals surface area contributed by atoms with Crippen LogP contribution in [0.2, 0.25) is 0 Å². The van der Waals surface area contributed by atoms with Crippen LogP contribution in [-0.4, -0.2) is 16.8 Å². The number of aryl methyl sites for hydroxylation is 1. The highest BCUT2D eigenvalue weighted by molar-refractivity contribution is 7.92. The van der Waals surface area contributed by atoms with Crippen molar-refractivity contribution in [2.75, 3.05) is 4.72 Å². The summed E-state index contributed by atoms with van der Waals surface area (Å²) in [5, 5.41) is 4.96. The van der Waals surface area contributed by atoms with E-state index < -0.39 is 20.0 Å². The molecule has 112 valence electrons. The van der Waals surface area contributed by atoms with E-state index in [-0.39, 0.29) is 9.79 Å². The van der Waals surface area contributed by atoms with Gasteiger partial charge in [0, 0.05) is 5.69 Å². The summed E-state index contributed by atoms with van der Waals surface area (Å²) >= 11 is 0. The smallest absolute Gasteiger partial charge is 0.261 e. The van der Waals surface area contributed by atoms with Crippen molar-refractivity contribution in [2.24, 2.45) is 5.14 Å². The topological polar surface area (TPSA) is 106 Å². The molecule has 0 amide bonds. The first-order valence-corrected chi connectivity index (χ1v) is 8.94. The Kier molecular flexibility index (Phi) is 4.04. The minimum atomic E-state index is -3.84. The zero-order valence-corrected chi connectivity index (χ0v) is 12.8. The van der Waals surface area contributed by atoms with E-state index in [1.54, 1.807) is 24.3 Å². The number of nitrogens with one attached hydrogen (secondary N) is 1. The summed E-state index contributed by atoms with van der Waals surface area (Å²) in [4.78, 5) is -0.188. The maximum atomic E-state index is 12.2. The summed E-state index contributed by atoms with van der Waals surface area (Å²) in [6, 6.07) is 11.5. The van der Waals surface area contributed by atoms with Crippen LogP contribution in [0.1, 0.15) is 5.56 Å². The molecular formula is C13H14N2O4S2. The molecule has 2 rings (SSSR count). The largest absolute Gasteiger partial charge is 0.280 e. The molecule has 0 aliphatic heterocycles. The Bertz CT molecular complexity index is 840. The predicted octanol–water partition coefficient (Wildman–Crippen LogP) is 1.44. The molecule has 0 saturated carbocycles. The second-order valence-corrected chi connectivity index (χ2v) is 7.73. The van der Waals surface area contributed by atoms with E-state index in [9.17, 15) is 16.8 Å². The molecule has 0 saturated heterocycles. The van der Waals surface area contributed by atoms with Gasteiger partial charge in [0.25, 0.3) is 10.0 Å². The Labute approximate surface area is 123 Å². The molecule has 0 unspecified atom stereocenters. The first-order chi connectivity index (χ1) is 9.68. The third-order valence-corrected chi connectivity index (χ3v) is 5.09. The van der Waals surface area contributed by atoms with Crippen LogP contribution < -0.4 is 9.86 Å². The summed E-state index contributed by atoms with van der Waals surface area (Å²) in [5.41, 5.74) is 1.44. The normalized spacial score (nSPS) is 12.1. The van der Waals surface area contributed by atoms with Crippen LogP contribution in [0, 0.1) is 6.92 Å². The first-order valence-electron chi connectivity index (χ1n) is 5.91. The third kappa shape index (κ3) is 3.81. The summed E-state index contributed by atoms with van der Waals surface area (Å²) in [6.07, 6.45) is 0. The van der Waals surface area contributed by atoms with E-state index in [1.807, 2.05) is 6.92 Å². The van der Waals surface area contributed by atoms with E-state index in [0.29, 0.717) is 5.69 Å². The third-order valence-electron chi connectivity index (χ3n) is 2.77. The lowest BCUT2D eigenvalue weighted by molar-refractivity contribution is 0.595. The molecule has 2 aromatic rings. The summed E-state index contributed by atoms with van der Waals surface area (Å²) in [5.74, 6) is 0. The molecule has 21 heavy (non-hydrogen) atoms. The molecule has 0 aliphatic rings. The van der Waals surface area contributed by atoms with Crippen LogP contribution in [0.15, 0.2) is 58.3 Å². The van der Waals surface area contributed by atoms with Gasteiger partial charge in [0.2, 0.25) is 10.0 Å². The van der Waals surface area contributed by atoms with E-state index in [1.165, 1.54) is 12.1 Å². The summed E-state index contributed by atoms with van der Waals surface area (Å²) in [7, 11) is -7.62. The van der Waals surface area contributed by atoms with Crippen molar-refractivity contribution >= 4 is 25.7 Å². The molecule has 3 N–H and O–H groups in total. The zero-order chi connectivity index (χ0) is 15.7.